The number of nitrogens with one attached hydrogen (secondary N) is 2. The highest BCUT2D eigenvalue weighted by Crippen LogP contribution is 2.42. The molecule has 3 fully saturated rings. The van der Waals surface area contributed by atoms with Gasteiger partial charge in [0.2, 0.25) is 5.56 Å². The molecule has 3 aliphatic rings. The lowest BCUT2D eigenvalue weighted by Crippen LogP contribution is -2.59. The number of amides is 1. The lowest BCUT2D eigenvalue weighted by atomic mass is 9.82. The van der Waals surface area contributed by atoms with Gasteiger partial charge in [0.25, 0.3) is 0 Å². The average Bonchev–Trinajstić information content (AvgIpc) is 3.56. The van der Waals surface area contributed by atoms with Crippen molar-refractivity contribution >= 4 is 48.2 Å². The minimum atomic E-state index is -2.26. The van der Waals surface area contributed by atoms with Crippen molar-refractivity contribution in [1.82, 2.24) is 19.8 Å². The van der Waals surface area contributed by atoms with E-state index in [-0.39, 0.29) is 28.5 Å². The maximum atomic E-state index is 13.1. The fourth-order valence-electron chi connectivity index (χ4n) is 8.85. The number of piperidine rings is 3. The molecule has 13 heteroatoms. The Kier molecular flexibility index (Phi) is 12.2. The third-order valence-electron chi connectivity index (χ3n) is 13.2. The van der Waals surface area contributed by atoms with Gasteiger partial charge < -0.3 is 34.3 Å². The van der Waals surface area contributed by atoms with E-state index in [1.165, 1.54) is 6.07 Å². The van der Waals surface area contributed by atoms with Crippen LogP contribution in [0.15, 0.2) is 111 Å². The van der Waals surface area contributed by atoms with E-state index in [1.54, 1.807) is 21.6 Å². The van der Waals surface area contributed by atoms with E-state index in [4.69, 9.17) is 8.84 Å². The topological polar surface area (TPSA) is 153 Å². The van der Waals surface area contributed by atoms with Gasteiger partial charge >= 0.3 is 11.8 Å². The molecule has 12 nitrogen and oxygen atoms in total. The maximum Gasteiger partial charge on any atom is 0.419 e. The van der Waals surface area contributed by atoms with Crippen molar-refractivity contribution in [3.05, 3.63) is 135 Å². The highest BCUT2D eigenvalue weighted by Gasteiger charge is 2.41. The second-order valence-electron chi connectivity index (χ2n) is 18.3. The largest absolute Gasteiger partial charge is 0.506 e. The van der Waals surface area contributed by atoms with Crippen molar-refractivity contribution in [2.45, 2.75) is 83.4 Å². The molecular formula is C49H57N5O7Si. The smallest absolute Gasteiger partial charge is 0.419 e. The van der Waals surface area contributed by atoms with E-state index in [9.17, 15) is 24.6 Å². The van der Waals surface area contributed by atoms with Gasteiger partial charge in [0, 0.05) is 43.2 Å². The molecule has 4 N–H and O–H groups in total. The molecule has 324 valence electrons. The zero-order valence-corrected chi connectivity index (χ0v) is 37.2. The molecule has 1 unspecified atom stereocenters. The molecule has 2 bridgehead atoms. The predicted octanol–water partition coefficient (Wildman–Crippen LogP) is 9.34. The Morgan fingerprint density at radius 1 is 1.02 bits per heavy atom. The van der Waals surface area contributed by atoms with Crippen LogP contribution in [0.25, 0.3) is 39.2 Å². The number of benzene rings is 4. The predicted molar refractivity (Wildman–Crippen MR) is 248 cm³/mol. The number of oxazole rings is 1. The average molecular weight is 856 g/mol. The van der Waals surface area contributed by atoms with Crippen molar-refractivity contribution in [3.63, 3.8) is 0 Å². The molecule has 5 heterocycles. The third-order valence-corrected chi connectivity index (χ3v) is 17.7. The second kappa shape index (κ2) is 17.6. The van der Waals surface area contributed by atoms with Gasteiger partial charge in [-0.25, -0.2) is 9.59 Å². The molecule has 0 spiro atoms. The summed E-state index contributed by atoms with van der Waals surface area (Å²) in [5.41, 5.74) is 6.55. The van der Waals surface area contributed by atoms with Crippen molar-refractivity contribution in [2.24, 2.45) is 5.92 Å². The van der Waals surface area contributed by atoms with E-state index in [1.807, 2.05) is 84.9 Å². The number of fused-ring (bicyclic) bond motifs is 5. The van der Waals surface area contributed by atoms with Crippen LogP contribution in [0.3, 0.4) is 0 Å². The zero-order valence-electron chi connectivity index (χ0n) is 36.2. The van der Waals surface area contributed by atoms with Crippen LogP contribution < -0.4 is 21.5 Å². The Morgan fingerprint density at radius 3 is 2.50 bits per heavy atom. The van der Waals surface area contributed by atoms with Crippen LogP contribution in [0.2, 0.25) is 18.1 Å². The molecule has 0 radical (unpaired) electrons. The summed E-state index contributed by atoms with van der Waals surface area (Å²) < 4.78 is 14.3. The molecule has 0 saturated carbocycles. The van der Waals surface area contributed by atoms with Crippen molar-refractivity contribution in [2.75, 3.05) is 31.1 Å². The second-order valence-corrected chi connectivity index (χ2v) is 23.1. The van der Waals surface area contributed by atoms with Gasteiger partial charge in [-0.15, -0.1) is 0 Å². The van der Waals surface area contributed by atoms with Crippen LogP contribution >= 0.6 is 0 Å². The lowest BCUT2D eigenvalue weighted by molar-refractivity contribution is 0.0838. The van der Waals surface area contributed by atoms with Crippen LogP contribution in [-0.2, 0) is 17.5 Å². The van der Waals surface area contributed by atoms with Gasteiger partial charge in [-0.05, 0) is 109 Å². The maximum absolute atomic E-state index is 13.1. The highest BCUT2D eigenvalue weighted by atomic mass is 28.4. The third kappa shape index (κ3) is 8.94. The number of aromatic amines is 1. The zero-order chi connectivity index (χ0) is 43.8. The molecule has 62 heavy (non-hydrogen) atoms. The molecule has 3 aliphatic heterocycles. The number of hydrogen-bond donors (Lipinski definition) is 4. The fourth-order valence-corrected chi connectivity index (χ4v) is 10.1. The van der Waals surface area contributed by atoms with Crippen LogP contribution in [0.4, 0.5) is 10.5 Å². The van der Waals surface area contributed by atoms with Gasteiger partial charge in [-0.3, -0.25) is 14.3 Å². The van der Waals surface area contributed by atoms with Crippen molar-refractivity contribution in [3.8, 4) is 16.9 Å². The number of phenolic OH excluding ortho intramolecular Hbond substituents is 1. The number of aromatic nitrogens is 2. The van der Waals surface area contributed by atoms with E-state index >= 15 is 0 Å². The Hall–Kier alpha value is -5.73. The number of rotatable bonds is 14. The molecular weight excluding hydrogens is 799 g/mol. The summed E-state index contributed by atoms with van der Waals surface area (Å²) in [5, 5.41) is 25.5. The summed E-state index contributed by atoms with van der Waals surface area (Å²) in [6.45, 7) is 15.1. The van der Waals surface area contributed by atoms with Gasteiger partial charge in [0.1, 0.15) is 5.75 Å². The van der Waals surface area contributed by atoms with Crippen LogP contribution in [0.1, 0.15) is 62.8 Å². The Balaban J connectivity index is 0.968. The number of pyridine rings is 1. The first-order chi connectivity index (χ1) is 29.7. The molecule has 2 aromatic heterocycles. The number of carboxylic acid groups (broad SMARTS) is 1. The minimum Gasteiger partial charge on any atom is -0.506 e. The summed E-state index contributed by atoms with van der Waals surface area (Å²) in [7, 11) is -2.26. The summed E-state index contributed by atoms with van der Waals surface area (Å²) in [6, 6.07) is 28.3. The Bertz CT molecular complexity index is 2730. The van der Waals surface area contributed by atoms with Gasteiger partial charge in [-0.2, -0.15) is 0 Å². The molecule has 6 aromatic rings. The molecule has 9 rings (SSSR count). The highest BCUT2D eigenvalue weighted by molar-refractivity contribution is 6.74. The normalized spacial score (nSPS) is 18.5. The number of carbonyl (C=O) groups is 1. The van der Waals surface area contributed by atoms with Gasteiger partial charge in [0.05, 0.1) is 28.9 Å². The molecule has 2 atom stereocenters. The fraction of sp³-hybridized carbons (Fsp3) is 0.367. The van der Waals surface area contributed by atoms with Gasteiger partial charge in [-0.1, -0.05) is 87.5 Å². The summed E-state index contributed by atoms with van der Waals surface area (Å²) in [6.07, 6.45) is 5.28. The quantitative estimate of drug-likeness (QED) is 0.0786. The molecule has 1 amide bonds. The van der Waals surface area contributed by atoms with Gasteiger partial charge in [0.15, 0.2) is 13.9 Å². The van der Waals surface area contributed by atoms with Crippen molar-refractivity contribution < 1.29 is 23.9 Å². The number of hydrogen-bond acceptors (Lipinski definition) is 8. The van der Waals surface area contributed by atoms with Crippen LogP contribution in [0.5, 0.6) is 5.75 Å². The molecule has 0 aliphatic carbocycles. The number of nitrogens with zero attached hydrogens (tertiary/aromatic N) is 3. The first kappa shape index (κ1) is 42.9. The first-order valence-corrected chi connectivity index (χ1v) is 24.5. The first-order valence-electron chi connectivity index (χ1n) is 21.6. The van der Waals surface area contributed by atoms with E-state index in [0.29, 0.717) is 54.3 Å². The minimum absolute atomic E-state index is 0.00440. The van der Waals surface area contributed by atoms with Crippen LogP contribution in [-0.4, -0.2) is 71.3 Å². The van der Waals surface area contributed by atoms with Crippen molar-refractivity contribution in [1.29, 1.82) is 0 Å². The Labute approximate surface area is 362 Å². The summed E-state index contributed by atoms with van der Waals surface area (Å²) >= 11 is 0. The lowest BCUT2D eigenvalue weighted by Gasteiger charge is -2.48. The summed E-state index contributed by atoms with van der Waals surface area (Å²) in [5.74, 6) is -0.0892. The standard InChI is InChI=1S/C49H57N5O7Si/c1-49(2,3)62(4,5)61-44(37-17-20-42(55)46-38(37)18-21-45(56)51-46)30-50-29-33-15-19-39-43(28-33)60-48(59)53(39)24-10-9-11-32-14-16-36(34-12-7-6-8-13-34)40(27-32)54(47(57)58)41-31-52-25-22-35(41)23-26-52/h6-9,11-21,27-28,35,41,44,50,55H,10,22-26,29-31H2,1-5H3,(H,51,56)(H,57,58)/t41?,44-/m0/s1. The number of aromatic hydroxyl groups is 1. The summed E-state index contributed by atoms with van der Waals surface area (Å²) in [4.78, 5) is 45.1. The monoisotopic (exact) mass is 855 g/mol. The van der Waals surface area contributed by atoms with E-state index in [2.05, 4.69) is 49.1 Å². The molecule has 4 aromatic carbocycles. The number of allylic oxidation sites excluding steroid dienone is 1. The molecule has 3 saturated heterocycles. The number of aryl methyl sites for hydroxylation is 1. The van der Waals surface area contributed by atoms with E-state index < -0.39 is 20.2 Å². The number of anilines is 1. The van der Waals surface area contributed by atoms with Crippen LogP contribution in [0, 0.1) is 5.92 Å². The number of H-pyrrole nitrogens is 1. The Morgan fingerprint density at radius 2 is 1.79 bits per heavy atom. The SMILES string of the molecule is CC(C)(C)[Si](C)(C)O[C@@H](CNCc1ccc2c(c1)oc(=O)n2CCC=Cc1ccc(-c2ccccc2)c(N(C(=O)O)C2CN3CCC2CC3)c1)c1ccc(O)c2[nH]c(=O)ccc12. The van der Waals surface area contributed by atoms with E-state index in [0.717, 1.165) is 65.7 Å². The number of phenols is 1.